The highest BCUT2D eigenvalue weighted by Gasteiger charge is 2.16. The number of halogens is 1. The van der Waals surface area contributed by atoms with Gasteiger partial charge in [0.25, 0.3) is 5.91 Å². The zero-order valence-electron chi connectivity index (χ0n) is 11.3. The first kappa shape index (κ1) is 14.6. The van der Waals surface area contributed by atoms with Gasteiger partial charge in [-0.1, -0.05) is 23.7 Å². The van der Waals surface area contributed by atoms with Crippen molar-refractivity contribution in [2.45, 2.75) is 20.0 Å². The number of nitrogens with zero attached hydrogens (tertiary/aromatic N) is 1. The van der Waals surface area contributed by atoms with Gasteiger partial charge in [-0.2, -0.15) is 5.10 Å². The van der Waals surface area contributed by atoms with Gasteiger partial charge < -0.3 is 10.1 Å². The molecule has 0 spiro atoms. The van der Waals surface area contributed by atoms with E-state index in [-0.39, 0.29) is 5.91 Å². The van der Waals surface area contributed by atoms with Crippen molar-refractivity contribution >= 4 is 23.3 Å². The number of anilines is 1. The Morgan fingerprint density at radius 2 is 2.35 bits per heavy atom. The summed E-state index contributed by atoms with van der Waals surface area (Å²) in [5, 5.41) is 10.1. The molecule has 0 saturated heterocycles. The minimum atomic E-state index is -0.518. The number of aromatic amines is 1. The lowest BCUT2D eigenvalue weighted by Crippen LogP contribution is -2.28. The molecule has 0 radical (unpaired) electrons. The first-order valence-electron chi connectivity index (χ1n) is 6.33. The maximum Gasteiger partial charge on any atom is 0.254 e. The molecule has 2 rings (SSSR count). The van der Waals surface area contributed by atoms with Gasteiger partial charge in [-0.05, 0) is 31.5 Å². The molecular weight excluding hydrogens is 278 g/mol. The first-order valence-corrected chi connectivity index (χ1v) is 6.71. The minimum Gasteiger partial charge on any atom is -0.369 e. The summed E-state index contributed by atoms with van der Waals surface area (Å²) in [4.78, 5) is 11.9. The number of aromatic nitrogens is 2. The number of carbonyl (C=O) groups excluding carboxylic acids is 1. The third-order valence-corrected chi connectivity index (χ3v) is 3.04. The Morgan fingerprint density at radius 1 is 1.55 bits per heavy atom. The van der Waals surface area contributed by atoms with Crippen LogP contribution in [0, 0.1) is 0 Å². The fourth-order valence-corrected chi connectivity index (χ4v) is 2.00. The van der Waals surface area contributed by atoms with Gasteiger partial charge in [0, 0.05) is 17.2 Å². The molecule has 1 heterocycles. The summed E-state index contributed by atoms with van der Waals surface area (Å²) in [7, 11) is 0. The van der Waals surface area contributed by atoms with Crippen LogP contribution in [0.15, 0.2) is 30.5 Å². The highest BCUT2D eigenvalue weighted by Crippen LogP contribution is 2.27. The molecule has 1 unspecified atom stereocenters. The van der Waals surface area contributed by atoms with E-state index in [0.29, 0.717) is 17.4 Å². The standard InChI is InChI=1S/C14H16ClN3O2/c1-3-20-9(2)14(19)17-13-12(8-16-18-13)10-5-4-6-11(15)7-10/h4-9H,3H2,1-2H3,(H2,16,17,18,19). The Balaban J connectivity index is 2.19. The Bertz CT molecular complexity index is 598. The highest BCUT2D eigenvalue weighted by molar-refractivity contribution is 6.30. The van der Waals surface area contributed by atoms with Gasteiger partial charge in [-0.3, -0.25) is 9.89 Å². The van der Waals surface area contributed by atoms with Gasteiger partial charge in [0.1, 0.15) is 11.9 Å². The van der Waals surface area contributed by atoms with Crippen molar-refractivity contribution in [2.75, 3.05) is 11.9 Å². The van der Waals surface area contributed by atoms with Crippen molar-refractivity contribution in [3.8, 4) is 11.1 Å². The number of nitrogens with one attached hydrogen (secondary N) is 2. The number of H-pyrrole nitrogens is 1. The zero-order chi connectivity index (χ0) is 14.5. The number of rotatable bonds is 5. The fraction of sp³-hybridized carbons (Fsp3) is 0.286. The van der Waals surface area contributed by atoms with Crippen LogP contribution in [0.4, 0.5) is 5.82 Å². The zero-order valence-corrected chi connectivity index (χ0v) is 12.1. The molecule has 1 aromatic carbocycles. The van der Waals surface area contributed by atoms with Crippen LogP contribution < -0.4 is 5.32 Å². The number of amides is 1. The van der Waals surface area contributed by atoms with Gasteiger partial charge in [-0.25, -0.2) is 0 Å². The fourth-order valence-electron chi connectivity index (χ4n) is 1.81. The third-order valence-electron chi connectivity index (χ3n) is 2.81. The molecule has 0 aliphatic rings. The van der Waals surface area contributed by atoms with Crippen LogP contribution in [0.25, 0.3) is 11.1 Å². The summed E-state index contributed by atoms with van der Waals surface area (Å²) in [6, 6.07) is 7.35. The molecule has 0 aliphatic heterocycles. The van der Waals surface area contributed by atoms with Gasteiger partial charge in [0.05, 0.1) is 6.20 Å². The lowest BCUT2D eigenvalue weighted by molar-refractivity contribution is -0.126. The van der Waals surface area contributed by atoms with E-state index in [4.69, 9.17) is 16.3 Å². The number of hydrogen-bond donors (Lipinski definition) is 2. The van der Waals surface area contributed by atoms with E-state index in [1.54, 1.807) is 19.2 Å². The maximum atomic E-state index is 11.9. The van der Waals surface area contributed by atoms with E-state index in [0.717, 1.165) is 11.1 Å². The molecule has 1 atom stereocenters. The van der Waals surface area contributed by atoms with Gasteiger partial charge in [-0.15, -0.1) is 0 Å². The van der Waals surface area contributed by atoms with Crippen LogP contribution in [0.5, 0.6) is 0 Å². The van der Waals surface area contributed by atoms with Crippen molar-refractivity contribution in [1.29, 1.82) is 0 Å². The first-order chi connectivity index (χ1) is 9.61. The van der Waals surface area contributed by atoms with E-state index in [1.807, 2.05) is 25.1 Å². The number of carbonyl (C=O) groups is 1. The molecule has 5 nitrogen and oxygen atoms in total. The third kappa shape index (κ3) is 3.37. The smallest absolute Gasteiger partial charge is 0.254 e. The molecular formula is C14H16ClN3O2. The minimum absolute atomic E-state index is 0.223. The molecule has 20 heavy (non-hydrogen) atoms. The second-order valence-corrected chi connectivity index (χ2v) is 4.69. The lowest BCUT2D eigenvalue weighted by atomic mass is 10.1. The predicted molar refractivity (Wildman–Crippen MR) is 78.8 cm³/mol. The van der Waals surface area contributed by atoms with Crippen molar-refractivity contribution < 1.29 is 9.53 Å². The van der Waals surface area contributed by atoms with Crippen LogP contribution in [0.2, 0.25) is 5.02 Å². The molecule has 2 N–H and O–H groups in total. The Morgan fingerprint density at radius 3 is 3.05 bits per heavy atom. The summed E-state index contributed by atoms with van der Waals surface area (Å²) < 4.78 is 5.25. The van der Waals surface area contributed by atoms with Crippen LogP contribution in [0.3, 0.4) is 0 Å². The van der Waals surface area contributed by atoms with Crippen LogP contribution in [0.1, 0.15) is 13.8 Å². The summed E-state index contributed by atoms with van der Waals surface area (Å²) in [6.07, 6.45) is 1.13. The Kier molecular flexibility index (Phi) is 4.76. The maximum absolute atomic E-state index is 11.9. The molecule has 0 aliphatic carbocycles. The summed E-state index contributed by atoms with van der Waals surface area (Å²) in [5.41, 5.74) is 1.66. The van der Waals surface area contributed by atoms with Crippen LogP contribution in [-0.4, -0.2) is 28.8 Å². The van der Waals surface area contributed by atoms with Crippen molar-refractivity contribution in [3.05, 3.63) is 35.5 Å². The normalized spacial score (nSPS) is 12.2. The average molecular weight is 294 g/mol. The molecule has 106 valence electrons. The van der Waals surface area contributed by atoms with E-state index in [9.17, 15) is 4.79 Å². The van der Waals surface area contributed by atoms with Crippen LogP contribution >= 0.6 is 11.6 Å². The average Bonchev–Trinajstić information content (AvgIpc) is 2.87. The monoisotopic (exact) mass is 293 g/mol. The summed E-state index contributed by atoms with van der Waals surface area (Å²) >= 11 is 5.97. The Labute approximate surface area is 122 Å². The van der Waals surface area contributed by atoms with Gasteiger partial charge in [0.2, 0.25) is 0 Å². The molecule has 2 aromatic rings. The molecule has 6 heteroatoms. The molecule has 1 amide bonds. The SMILES string of the molecule is CCOC(C)C(=O)Nc1[nH]ncc1-c1cccc(Cl)c1. The van der Waals surface area contributed by atoms with Crippen molar-refractivity contribution in [1.82, 2.24) is 10.2 Å². The summed E-state index contributed by atoms with van der Waals surface area (Å²) in [5.74, 6) is 0.309. The summed E-state index contributed by atoms with van der Waals surface area (Å²) in [6.45, 7) is 4.03. The van der Waals surface area contributed by atoms with Gasteiger partial charge >= 0.3 is 0 Å². The van der Waals surface area contributed by atoms with E-state index < -0.39 is 6.10 Å². The molecule has 0 saturated carbocycles. The van der Waals surface area contributed by atoms with Gasteiger partial charge in [0.15, 0.2) is 0 Å². The van der Waals surface area contributed by atoms with E-state index in [1.165, 1.54) is 0 Å². The molecule has 1 aromatic heterocycles. The molecule has 0 bridgehead atoms. The number of benzene rings is 1. The number of hydrogen-bond acceptors (Lipinski definition) is 3. The van der Waals surface area contributed by atoms with Crippen molar-refractivity contribution in [3.63, 3.8) is 0 Å². The second kappa shape index (κ2) is 6.54. The van der Waals surface area contributed by atoms with Crippen molar-refractivity contribution in [2.24, 2.45) is 0 Å². The second-order valence-electron chi connectivity index (χ2n) is 4.26. The highest BCUT2D eigenvalue weighted by atomic mass is 35.5. The van der Waals surface area contributed by atoms with E-state index >= 15 is 0 Å². The predicted octanol–water partition coefficient (Wildman–Crippen LogP) is 3.09. The molecule has 0 fully saturated rings. The largest absolute Gasteiger partial charge is 0.369 e. The van der Waals surface area contributed by atoms with Crippen LogP contribution in [-0.2, 0) is 9.53 Å². The number of ether oxygens (including phenoxy) is 1. The topological polar surface area (TPSA) is 67.0 Å². The van der Waals surface area contributed by atoms with E-state index in [2.05, 4.69) is 15.5 Å². The lowest BCUT2D eigenvalue weighted by Gasteiger charge is -2.12. The quantitative estimate of drug-likeness (QED) is 0.890. The Hall–Kier alpha value is -1.85.